The zero-order valence-electron chi connectivity index (χ0n) is 13.9. The second kappa shape index (κ2) is 12.7. The van der Waals surface area contributed by atoms with Gasteiger partial charge in [-0.1, -0.05) is 84.4 Å². The molecule has 0 heterocycles. The number of carboxylic acids is 2. The summed E-state index contributed by atoms with van der Waals surface area (Å²) >= 11 is 4.56. The first-order valence-corrected chi connectivity index (χ1v) is 9.83. The van der Waals surface area contributed by atoms with Crippen LogP contribution in [-0.2, 0) is 3.07 Å². The van der Waals surface area contributed by atoms with Gasteiger partial charge in [0.2, 0.25) is 0 Å². The third-order valence-electron chi connectivity index (χ3n) is 2.93. The minimum Gasteiger partial charge on any atom is -0.545 e. The maximum absolute atomic E-state index is 10.4. The van der Waals surface area contributed by atoms with Gasteiger partial charge in [-0.15, -0.1) is 0 Å². The number of carbonyl (C=O) groups is 2. The van der Waals surface area contributed by atoms with Crippen LogP contribution in [0.5, 0.6) is 0 Å². The maximum atomic E-state index is 10.4. The van der Waals surface area contributed by atoms with Gasteiger partial charge < -0.3 is 19.8 Å². The van der Waals surface area contributed by atoms with Crippen molar-refractivity contribution < 1.29 is 22.9 Å². The Hall–Kier alpha value is -2.58. The van der Waals surface area contributed by atoms with E-state index >= 15 is 0 Å². The first-order chi connectivity index (χ1) is 13.0. The highest BCUT2D eigenvalue weighted by Crippen LogP contribution is 2.19. The van der Waals surface area contributed by atoms with E-state index in [4.69, 9.17) is 11.6 Å². The summed E-state index contributed by atoms with van der Waals surface area (Å²) in [4.78, 5) is 20.2. The van der Waals surface area contributed by atoms with Crippen molar-refractivity contribution in [1.82, 2.24) is 0 Å². The number of hydrogen-bond acceptors (Lipinski definition) is 5. The van der Waals surface area contributed by atoms with Crippen LogP contribution >= 0.6 is 32.8 Å². The molecule has 0 aromatic heterocycles. The predicted octanol–water partition coefficient (Wildman–Crippen LogP) is 2.93. The summed E-state index contributed by atoms with van der Waals surface area (Å²) in [5.74, 6) is -2.26. The number of carboxylic acid groups (broad SMARTS) is 2. The maximum Gasteiger partial charge on any atom is 0.183 e. The molecule has 140 valence electrons. The van der Waals surface area contributed by atoms with Gasteiger partial charge in [0.15, 0.2) is 21.2 Å². The number of hydrogen-bond donors (Lipinski definition) is 0. The van der Waals surface area contributed by atoms with Gasteiger partial charge in [0.25, 0.3) is 0 Å². The van der Waals surface area contributed by atoms with Crippen LogP contribution in [0.1, 0.15) is 20.7 Å². The first kappa shape index (κ1) is 22.5. The standard InChI is InChI=1S/2C7H6O2.C6H4ClIO/c2*8-7(9)6-4-2-1-3-5-6;7-5-3-1-2-4-6(5)8-9/h2*1-5H,(H,8,9);1-4H/p-2. The average molecular weight is 497 g/mol. The van der Waals surface area contributed by atoms with Crippen LogP contribution in [0, 0.1) is 3.57 Å². The summed E-state index contributed by atoms with van der Waals surface area (Å²) < 4.78 is 11.2. The van der Waals surface area contributed by atoms with E-state index in [9.17, 15) is 22.9 Å². The predicted molar refractivity (Wildman–Crippen MR) is 106 cm³/mol. The molecule has 0 saturated heterocycles. The molecule has 0 aliphatic carbocycles. The van der Waals surface area contributed by atoms with E-state index in [-0.39, 0.29) is 11.1 Å². The molecular formula is C20H14ClIO5-2. The molecule has 7 heteroatoms. The van der Waals surface area contributed by atoms with Crippen molar-refractivity contribution in [2.24, 2.45) is 0 Å². The van der Waals surface area contributed by atoms with Crippen molar-refractivity contribution >= 4 is 44.7 Å². The van der Waals surface area contributed by atoms with Crippen LogP contribution < -0.4 is 10.2 Å². The fraction of sp³-hybridized carbons (Fsp3) is 0. The third-order valence-corrected chi connectivity index (χ3v) is 4.99. The zero-order chi connectivity index (χ0) is 20.1. The summed E-state index contributed by atoms with van der Waals surface area (Å²) in [7, 11) is 0. The van der Waals surface area contributed by atoms with Gasteiger partial charge >= 0.3 is 0 Å². The summed E-state index contributed by atoms with van der Waals surface area (Å²) in [6.07, 6.45) is 0. The largest absolute Gasteiger partial charge is 0.545 e. The van der Waals surface area contributed by atoms with E-state index in [1.54, 1.807) is 48.5 Å². The third kappa shape index (κ3) is 9.07. The lowest BCUT2D eigenvalue weighted by Crippen LogP contribution is -2.21. The molecule has 3 aromatic carbocycles. The minimum absolute atomic E-state index is 0.220. The molecule has 3 aromatic rings. The molecule has 0 fully saturated rings. The molecule has 3 rings (SSSR count). The second-order valence-corrected chi connectivity index (χ2v) is 6.81. The highest BCUT2D eigenvalue weighted by atomic mass is 127. The Morgan fingerprint density at radius 3 is 1.30 bits per heavy atom. The van der Waals surface area contributed by atoms with Gasteiger partial charge in [-0.05, 0) is 23.3 Å². The van der Waals surface area contributed by atoms with Crippen molar-refractivity contribution in [3.05, 3.63) is 105 Å². The first-order valence-electron chi connectivity index (χ1n) is 7.50. The number of benzene rings is 3. The molecule has 0 aliphatic heterocycles. The Bertz CT molecular complexity index is 820. The van der Waals surface area contributed by atoms with Crippen molar-refractivity contribution in [2.75, 3.05) is 0 Å². The molecule has 0 bridgehead atoms. The second-order valence-electron chi connectivity index (χ2n) is 4.80. The van der Waals surface area contributed by atoms with Crippen molar-refractivity contribution in [2.45, 2.75) is 0 Å². The molecule has 0 radical (unpaired) electrons. The number of rotatable bonds is 3. The minimum atomic E-state index is -1.13. The van der Waals surface area contributed by atoms with E-state index < -0.39 is 33.1 Å². The summed E-state index contributed by atoms with van der Waals surface area (Å²) in [5, 5.41) is 20.8. The van der Waals surface area contributed by atoms with Gasteiger partial charge in [0.05, 0.1) is 20.5 Å². The lowest BCUT2D eigenvalue weighted by Gasteiger charge is -1.97. The number of halogens is 2. The van der Waals surface area contributed by atoms with Crippen LogP contribution in [-0.4, -0.2) is 11.9 Å². The van der Waals surface area contributed by atoms with Gasteiger partial charge in [-0.3, -0.25) is 3.07 Å². The normalized spacial score (nSPS) is 9.07. The van der Waals surface area contributed by atoms with Gasteiger partial charge in [-0.2, -0.15) is 0 Å². The van der Waals surface area contributed by atoms with Crippen LogP contribution in [0.2, 0.25) is 5.02 Å². The molecule has 0 spiro atoms. The van der Waals surface area contributed by atoms with E-state index in [2.05, 4.69) is 0 Å². The average Bonchev–Trinajstić information content (AvgIpc) is 2.70. The Morgan fingerprint density at radius 2 is 1.04 bits per heavy atom. The van der Waals surface area contributed by atoms with Crippen molar-refractivity contribution in [1.29, 1.82) is 0 Å². The highest BCUT2D eigenvalue weighted by molar-refractivity contribution is 14.1. The molecule has 0 N–H and O–H groups in total. The smallest absolute Gasteiger partial charge is 0.183 e. The Morgan fingerprint density at radius 1 is 0.667 bits per heavy atom. The number of carbonyl (C=O) groups excluding carboxylic acids is 2. The molecular weight excluding hydrogens is 483 g/mol. The zero-order valence-corrected chi connectivity index (χ0v) is 16.8. The van der Waals surface area contributed by atoms with Gasteiger partial charge in [-0.25, -0.2) is 0 Å². The fourth-order valence-corrected chi connectivity index (χ4v) is 2.73. The molecule has 0 atom stereocenters. The monoisotopic (exact) mass is 496 g/mol. The van der Waals surface area contributed by atoms with Gasteiger partial charge in [0, 0.05) is 0 Å². The van der Waals surface area contributed by atoms with Crippen LogP contribution in [0.15, 0.2) is 84.9 Å². The lowest BCUT2D eigenvalue weighted by atomic mass is 10.2. The Balaban J connectivity index is 0.000000202. The van der Waals surface area contributed by atoms with Crippen molar-refractivity contribution in [3.63, 3.8) is 0 Å². The van der Waals surface area contributed by atoms with Crippen molar-refractivity contribution in [3.8, 4) is 0 Å². The fourth-order valence-electron chi connectivity index (χ4n) is 1.65. The van der Waals surface area contributed by atoms with Crippen LogP contribution in [0.25, 0.3) is 0 Å². The van der Waals surface area contributed by atoms with E-state index in [0.717, 1.165) is 3.57 Å². The van der Waals surface area contributed by atoms with Crippen LogP contribution in [0.3, 0.4) is 0 Å². The molecule has 27 heavy (non-hydrogen) atoms. The summed E-state index contributed by atoms with van der Waals surface area (Å²) in [6.45, 7) is 0. The Kier molecular flexibility index (Phi) is 10.6. The topological polar surface area (TPSA) is 97.3 Å². The molecule has 0 saturated carbocycles. The van der Waals surface area contributed by atoms with E-state index in [1.165, 1.54) is 24.3 Å². The van der Waals surface area contributed by atoms with Crippen LogP contribution in [0.4, 0.5) is 0 Å². The summed E-state index contributed by atoms with van der Waals surface area (Å²) in [5.41, 5.74) is 0.440. The molecule has 5 nitrogen and oxygen atoms in total. The van der Waals surface area contributed by atoms with E-state index in [0.29, 0.717) is 5.02 Å². The molecule has 0 aliphatic rings. The molecule has 0 unspecified atom stereocenters. The van der Waals surface area contributed by atoms with E-state index in [1.807, 2.05) is 12.1 Å². The van der Waals surface area contributed by atoms with Gasteiger partial charge in [0.1, 0.15) is 0 Å². The molecule has 0 amide bonds. The number of aromatic carboxylic acids is 2. The highest BCUT2D eigenvalue weighted by Gasteiger charge is 1.94. The lowest BCUT2D eigenvalue weighted by molar-refractivity contribution is -0.256. The Labute approximate surface area is 171 Å². The summed E-state index contributed by atoms with van der Waals surface area (Å²) in [6, 6.07) is 23.3. The SMILES string of the molecule is O=C([O-])c1ccccc1.O=C([O-])c1ccccc1.O=Ic1ccccc1Cl. The quantitative estimate of drug-likeness (QED) is 0.520.